The first kappa shape index (κ1) is 18.2. The molecule has 0 heterocycles. The smallest absolute Gasteiger partial charge is 0.143 e. The SMILES string of the molecule is CCCOC(c1ccccc1)(c1ccc(C)cc1)c1ccc(OC)cc1. The number of hydrogen-bond donors (Lipinski definition) is 0. The predicted molar refractivity (Wildman–Crippen MR) is 107 cm³/mol. The third-order valence-corrected chi connectivity index (χ3v) is 4.66. The number of benzene rings is 3. The molecule has 0 aromatic heterocycles. The van der Waals surface area contributed by atoms with Crippen LogP contribution >= 0.6 is 0 Å². The first-order valence-electron chi connectivity index (χ1n) is 9.12. The van der Waals surface area contributed by atoms with Crippen molar-refractivity contribution >= 4 is 0 Å². The van der Waals surface area contributed by atoms with Gasteiger partial charge in [-0.25, -0.2) is 0 Å². The Labute approximate surface area is 156 Å². The minimum atomic E-state index is -0.642. The Morgan fingerprint density at radius 3 is 1.81 bits per heavy atom. The van der Waals surface area contributed by atoms with Gasteiger partial charge in [-0.05, 0) is 42.2 Å². The van der Waals surface area contributed by atoms with Gasteiger partial charge in [-0.1, -0.05) is 79.2 Å². The van der Waals surface area contributed by atoms with Gasteiger partial charge in [-0.3, -0.25) is 0 Å². The first-order chi connectivity index (χ1) is 12.7. The summed E-state index contributed by atoms with van der Waals surface area (Å²) in [5.41, 5.74) is 3.95. The molecule has 0 amide bonds. The summed E-state index contributed by atoms with van der Waals surface area (Å²) in [6.07, 6.45) is 0.955. The van der Waals surface area contributed by atoms with E-state index in [1.807, 2.05) is 18.2 Å². The molecule has 0 radical (unpaired) electrons. The van der Waals surface area contributed by atoms with Crippen LogP contribution in [-0.4, -0.2) is 13.7 Å². The van der Waals surface area contributed by atoms with E-state index in [0.29, 0.717) is 6.61 Å². The summed E-state index contributed by atoms with van der Waals surface area (Å²) in [7, 11) is 1.69. The number of ether oxygens (including phenoxy) is 2. The molecule has 2 nitrogen and oxygen atoms in total. The molecule has 134 valence electrons. The maximum atomic E-state index is 6.61. The lowest BCUT2D eigenvalue weighted by atomic mass is 9.79. The topological polar surface area (TPSA) is 18.5 Å². The predicted octanol–water partition coefficient (Wildman–Crippen LogP) is 5.72. The van der Waals surface area contributed by atoms with Gasteiger partial charge in [0.1, 0.15) is 11.4 Å². The van der Waals surface area contributed by atoms with Crippen molar-refractivity contribution in [1.82, 2.24) is 0 Å². The van der Waals surface area contributed by atoms with E-state index in [9.17, 15) is 0 Å². The lowest BCUT2D eigenvalue weighted by Gasteiger charge is -2.36. The minimum absolute atomic E-state index is 0.642. The Bertz CT molecular complexity index is 807. The molecule has 0 spiro atoms. The van der Waals surface area contributed by atoms with Gasteiger partial charge in [0, 0.05) is 6.61 Å². The molecule has 0 aliphatic carbocycles. The third kappa shape index (κ3) is 3.51. The summed E-state index contributed by atoms with van der Waals surface area (Å²) in [5, 5.41) is 0. The molecular formula is C24H26O2. The average Bonchev–Trinajstić information content (AvgIpc) is 2.71. The third-order valence-electron chi connectivity index (χ3n) is 4.66. The zero-order chi connectivity index (χ0) is 18.4. The van der Waals surface area contributed by atoms with Crippen molar-refractivity contribution in [3.63, 3.8) is 0 Å². The molecule has 0 saturated heterocycles. The van der Waals surface area contributed by atoms with E-state index in [0.717, 1.165) is 28.9 Å². The zero-order valence-electron chi connectivity index (χ0n) is 15.7. The highest BCUT2D eigenvalue weighted by molar-refractivity contribution is 5.49. The Morgan fingerprint density at radius 1 is 0.731 bits per heavy atom. The molecular weight excluding hydrogens is 320 g/mol. The van der Waals surface area contributed by atoms with E-state index in [2.05, 4.69) is 74.5 Å². The summed E-state index contributed by atoms with van der Waals surface area (Å²) in [4.78, 5) is 0. The highest BCUT2D eigenvalue weighted by Crippen LogP contribution is 2.41. The van der Waals surface area contributed by atoms with Gasteiger partial charge in [0.25, 0.3) is 0 Å². The van der Waals surface area contributed by atoms with Crippen molar-refractivity contribution in [2.75, 3.05) is 13.7 Å². The van der Waals surface area contributed by atoms with Gasteiger partial charge in [0.05, 0.1) is 7.11 Å². The minimum Gasteiger partial charge on any atom is -0.497 e. The molecule has 0 N–H and O–H groups in total. The van der Waals surface area contributed by atoms with E-state index >= 15 is 0 Å². The van der Waals surface area contributed by atoms with Crippen LogP contribution in [0, 0.1) is 6.92 Å². The van der Waals surface area contributed by atoms with Crippen molar-refractivity contribution in [1.29, 1.82) is 0 Å². The Morgan fingerprint density at radius 2 is 1.27 bits per heavy atom. The van der Waals surface area contributed by atoms with Crippen LogP contribution in [0.25, 0.3) is 0 Å². The molecule has 0 bridgehead atoms. The number of methoxy groups -OCH3 is 1. The molecule has 3 rings (SSSR count). The van der Waals surface area contributed by atoms with E-state index in [4.69, 9.17) is 9.47 Å². The summed E-state index contributed by atoms with van der Waals surface area (Å²) in [5.74, 6) is 0.843. The molecule has 3 aromatic rings. The second kappa shape index (κ2) is 8.20. The fraction of sp³-hybridized carbons (Fsp3) is 0.250. The van der Waals surface area contributed by atoms with Crippen molar-refractivity contribution < 1.29 is 9.47 Å². The van der Waals surface area contributed by atoms with Crippen molar-refractivity contribution in [2.45, 2.75) is 25.9 Å². The number of aryl methyl sites for hydroxylation is 1. The van der Waals surface area contributed by atoms with Gasteiger partial charge < -0.3 is 9.47 Å². The zero-order valence-corrected chi connectivity index (χ0v) is 15.7. The quantitative estimate of drug-likeness (QED) is 0.509. The van der Waals surface area contributed by atoms with Gasteiger partial charge >= 0.3 is 0 Å². The number of rotatable bonds is 7. The molecule has 0 aliphatic rings. The number of hydrogen-bond acceptors (Lipinski definition) is 2. The fourth-order valence-corrected chi connectivity index (χ4v) is 3.29. The van der Waals surface area contributed by atoms with E-state index < -0.39 is 5.60 Å². The monoisotopic (exact) mass is 346 g/mol. The molecule has 0 fully saturated rings. The molecule has 0 saturated carbocycles. The standard InChI is InChI=1S/C24H26O2/c1-4-18-26-24(20-8-6-5-7-9-20,21-12-10-19(2)11-13-21)22-14-16-23(25-3)17-15-22/h5-17H,4,18H2,1-3H3. The molecule has 3 aromatic carbocycles. The van der Waals surface area contributed by atoms with Crippen LogP contribution in [-0.2, 0) is 10.3 Å². The van der Waals surface area contributed by atoms with E-state index in [1.54, 1.807) is 7.11 Å². The van der Waals surface area contributed by atoms with Crippen molar-refractivity contribution in [2.24, 2.45) is 0 Å². The summed E-state index contributed by atoms with van der Waals surface area (Å²) >= 11 is 0. The lowest BCUT2D eigenvalue weighted by molar-refractivity contribution is 0.0132. The van der Waals surface area contributed by atoms with E-state index in [1.165, 1.54) is 5.56 Å². The maximum absolute atomic E-state index is 6.61. The van der Waals surface area contributed by atoms with Crippen LogP contribution in [0.5, 0.6) is 5.75 Å². The van der Waals surface area contributed by atoms with E-state index in [-0.39, 0.29) is 0 Å². The van der Waals surface area contributed by atoms with Crippen molar-refractivity contribution in [3.8, 4) is 5.75 Å². The maximum Gasteiger partial charge on any atom is 0.143 e. The molecule has 0 aliphatic heterocycles. The van der Waals surface area contributed by atoms with Crippen LogP contribution in [0.15, 0.2) is 78.9 Å². The van der Waals surface area contributed by atoms with Crippen LogP contribution < -0.4 is 4.74 Å². The Hall–Kier alpha value is -2.58. The fourth-order valence-electron chi connectivity index (χ4n) is 3.29. The normalized spacial score (nSPS) is 13.2. The molecule has 2 heteroatoms. The largest absolute Gasteiger partial charge is 0.497 e. The second-order valence-electron chi connectivity index (χ2n) is 6.49. The first-order valence-corrected chi connectivity index (χ1v) is 9.12. The molecule has 1 atom stereocenters. The van der Waals surface area contributed by atoms with Crippen molar-refractivity contribution in [3.05, 3.63) is 101 Å². The average molecular weight is 346 g/mol. The van der Waals surface area contributed by atoms with Gasteiger partial charge in [-0.15, -0.1) is 0 Å². The van der Waals surface area contributed by atoms with Crippen LogP contribution in [0.3, 0.4) is 0 Å². The summed E-state index contributed by atoms with van der Waals surface area (Å²) < 4.78 is 12.0. The Balaban J connectivity index is 2.24. The highest BCUT2D eigenvalue weighted by Gasteiger charge is 2.37. The van der Waals surface area contributed by atoms with Gasteiger partial charge in [0.15, 0.2) is 0 Å². The summed E-state index contributed by atoms with van der Waals surface area (Å²) in [6.45, 7) is 4.92. The Kier molecular flexibility index (Phi) is 5.75. The van der Waals surface area contributed by atoms with Crippen LogP contribution in [0.1, 0.15) is 35.6 Å². The lowest BCUT2D eigenvalue weighted by Crippen LogP contribution is -2.33. The van der Waals surface area contributed by atoms with Crippen LogP contribution in [0.2, 0.25) is 0 Å². The second-order valence-corrected chi connectivity index (χ2v) is 6.49. The summed E-state index contributed by atoms with van der Waals surface area (Å²) in [6, 6.07) is 27.3. The van der Waals surface area contributed by atoms with Gasteiger partial charge in [-0.2, -0.15) is 0 Å². The van der Waals surface area contributed by atoms with Gasteiger partial charge in [0.2, 0.25) is 0 Å². The van der Waals surface area contributed by atoms with Crippen LogP contribution in [0.4, 0.5) is 0 Å². The molecule has 26 heavy (non-hydrogen) atoms. The molecule has 1 unspecified atom stereocenters. The highest BCUT2D eigenvalue weighted by atomic mass is 16.5.